The van der Waals surface area contributed by atoms with Gasteiger partial charge in [0.05, 0.1) is 15.3 Å². The van der Waals surface area contributed by atoms with Crippen molar-refractivity contribution >= 4 is 44.8 Å². The zero-order valence-electron chi connectivity index (χ0n) is 25.5. The van der Waals surface area contributed by atoms with Gasteiger partial charge in [0.1, 0.15) is 16.6 Å². The van der Waals surface area contributed by atoms with E-state index in [0.29, 0.717) is 30.7 Å². The number of carbonyl (C=O) groups is 2. The topological polar surface area (TPSA) is 156 Å². The van der Waals surface area contributed by atoms with Crippen molar-refractivity contribution in [1.82, 2.24) is 24.7 Å². The van der Waals surface area contributed by atoms with Gasteiger partial charge >= 0.3 is 12.1 Å². The summed E-state index contributed by atoms with van der Waals surface area (Å²) in [6, 6.07) is -1.01. The molecule has 3 heterocycles. The van der Waals surface area contributed by atoms with Crippen LogP contribution in [0.5, 0.6) is 0 Å². The molecule has 1 fully saturated rings. The van der Waals surface area contributed by atoms with Gasteiger partial charge < -0.3 is 14.5 Å². The van der Waals surface area contributed by atoms with Gasteiger partial charge in [-0.05, 0) is 52.5 Å². The van der Waals surface area contributed by atoms with Crippen molar-refractivity contribution in [3.63, 3.8) is 0 Å². The number of thiazole rings is 1. The molecular formula is C28H31ClF5N5O6S2. The first kappa shape index (κ1) is 36.6. The maximum atomic E-state index is 14.7. The highest BCUT2D eigenvalue weighted by Crippen LogP contribution is 2.45. The Morgan fingerprint density at radius 3 is 2.47 bits per heavy atom. The third-order valence-corrected chi connectivity index (χ3v) is 10.8. The Labute approximate surface area is 275 Å². The van der Waals surface area contributed by atoms with Crippen LogP contribution in [0.1, 0.15) is 81.7 Å². The molecule has 2 unspecified atom stereocenters. The number of nitrogens with zero attached hydrogens (tertiary/aromatic N) is 4. The molecule has 0 saturated carbocycles. The molecule has 1 saturated heterocycles. The summed E-state index contributed by atoms with van der Waals surface area (Å²) < 4.78 is 102. The van der Waals surface area contributed by atoms with E-state index in [-0.39, 0.29) is 45.3 Å². The summed E-state index contributed by atoms with van der Waals surface area (Å²) in [5.41, 5.74) is -2.98. The van der Waals surface area contributed by atoms with Gasteiger partial charge in [-0.1, -0.05) is 29.7 Å². The van der Waals surface area contributed by atoms with Gasteiger partial charge in [-0.3, -0.25) is 9.59 Å². The van der Waals surface area contributed by atoms with Crippen molar-refractivity contribution in [1.29, 1.82) is 0 Å². The molecule has 1 aromatic carbocycles. The van der Waals surface area contributed by atoms with Gasteiger partial charge in [0.15, 0.2) is 5.01 Å². The number of aliphatic carboxylic acids is 1. The second-order valence-electron chi connectivity index (χ2n) is 11.7. The number of nitrogens with one attached hydrogen (secondary N) is 1. The van der Waals surface area contributed by atoms with Crippen LogP contribution >= 0.6 is 22.9 Å². The Hall–Kier alpha value is -3.22. The SMILES string of the molecule is CCC(NS(=O)(=O)c1ccc(-c2sc(-c3noc(CC(C)(C)C(=O)O)n3)nc2C(=O)N2CCCCC2C)c(C(F)F)c1Cl)C(F)(F)F. The first-order chi connectivity index (χ1) is 21.8. The summed E-state index contributed by atoms with van der Waals surface area (Å²) in [5.74, 6) is -1.97. The second kappa shape index (κ2) is 13.7. The van der Waals surface area contributed by atoms with E-state index < -0.39 is 67.9 Å². The highest BCUT2D eigenvalue weighted by atomic mass is 35.5. The van der Waals surface area contributed by atoms with Gasteiger partial charge in [-0.2, -0.15) is 22.9 Å². The number of hydrogen-bond donors (Lipinski definition) is 2. The van der Waals surface area contributed by atoms with Crippen LogP contribution in [-0.4, -0.2) is 70.2 Å². The Morgan fingerprint density at radius 1 is 1.21 bits per heavy atom. The van der Waals surface area contributed by atoms with Gasteiger partial charge in [0, 0.05) is 30.1 Å². The molecule has 19 heteroatoms. The lowest BCUT2D eigenvalue weighted by Gasteiger charge is -2.33. The van der Waals surface area contributed by atoms with E-state index in [9.17, 15) is 45.1 Å². The number of halogens is 6. The van der Waals surface area contributed by atoms with Crippen molar-refractivity contribution in [2.24, 2.45) is 5.41 Å². The molecule has 1 amide bonds. The van der Waals surface area contributed by atoms with Crippen molar-refractivity contribution < 1.29 is 49.6 Å². The fraction of sp³-hybridized carbons (Fsp3) is 0.536. The molecule has 0 radical (unpaired) electrons. The molecule has 0 spiro atoms. The van der Waals surface area contributed by atoms with Gasteiger partial charge in [0.2, 0.25) is 21.7 Å². The quantitative estimate of drug-likeness (QED) is 0.204. The molecule has 3 aromatic rings. The van der Waals surface area contributed by atoms with Gasteiger partial charge in [-0.15, -0.1) is 11.3 Å². The monoisotopic (exact) mass is 727 g/mol. The zero-order valence-corrected chi connectivity index (χ0v) is 27.9. The summed E-state index contributed by atoms with van der Waals surface area (Å²) in [7, 11) is -5.04. The second-order valence-corrected chi connectivity index (χ2v) is 14.7. The van der Waals surface area contributed by atoms with Crippen LogP contribution in [-0.2, 0) is 21.2 Å². The minimum atomic E-state index is -5.04. The molecule has 1 aliphatic rings. The zero-order chi connectivity index (χ0) is 35.1. The minimum absolute atomic E-state index is 0.0539. The summed E-state index contributed by atoms with van der Waals surface area (Å²) >= 11 is 6.93. The maximum absolute atomic E-state index is 14.7. The van der Waals surface area contributed by atoms with E-state index in [2.05, 4.69) is 15.1 Å². The smallest absolute Gasteiger partial charge is 0.404 e. The molecule has 2 N–H and O–H groups in total. The molecule has 4 rings (SSSR count). The average molecular weight is 728 g/mol. The highest BCUT2D eigenvalue weighted by Gasteiger charge is 2.42. The predicted molar refractivity (Wildman–Crippen MR) is 161 cm³/mol. The van der Waals surface area contributed by atoms with E-state index in [1.54, 1.807) is 0 Å². The number of hydrogen-bond acceptors (Lipinski definition) is 9. The number of carboxylic acid groups (broad SMARTS) is 1. The first-order valence-electron chi connectivity index (χ1n) is 14.4. The lowest BCUT2D eigenvalue weighted by molar-refractivity contribution is -0.151. The lowest BCUT2D eigenvalue weighted by atomic mass is 9.90. The number of likely N-dealkylation sites (tertiary alicyclic amines) is 1. The number of amides is 1. The Morgan fingerprint density at radius 2 is 1.89 bits per heavy atom. The molecule has 0 bridgehead atoms. The molecule has 2 atom stereocenters. The molecular weight excluding hydrogens is 697 g/mol. The Balaban J connectivity index is 1.87. The summed E-state index contributed by atoms with van der Waals surface area (Å²) in [5, 5.41) is 12.2. The maximum Gasteiger partial charge on any atom is 0.404 e. The number of carboxylic acids is 1. The lowest BCUT2D eigenvalue weighted by Crippen LogP contribution is -2.44. The van der Waals surface area contributed by atoms with Crippen LogP contribution in [0.2, 0.25) is 5.02 Å². The van der Waals surface area contributed by atoms with Crippen molar-refractivity contribution in [3.05, 3.63) is 34.3 Å². The number of piperidine rings is 1. The standard InChI is InChI=1S/C28H31ClF5N5O6S2/c1-5-16(28(32,33)34)38-47(43,44)15-10-9-14(18(19(15)29)22(30)31)21-20(25(40)39-11-7-6-8-13(39)2)36-24(46-21)23-35-17(45-37-23)12-27(3,4)26(41)42/h9-10,13,16,22,38H,5-8,11-12H2,1-4H3,(H,41,42). The number of alkyl halides is 5. The highest BCUT2D eigenvalue weighted by molar-refractivity contribution is 7.89. The molecule has 11 nitrogen and oxygen atoms in total. The summed E-state index contributed by atoms with van der Waals surface area (Å²) in [4.78, 5) is 34.4. The van der Waals surface area contributed by atoms with Crippen molar-refractivity contribution in [2.45, 2.75) is 89.4 Å². The Bertz CT molecular complexity index is 1760. The molecule has 47 heavy (non-hydrogen) atoms. The van der Waals surface area contributed by atoms with Crippen LogP contribution < -0.4 is 4.72 Å². The molecule has 0 aliphatic carbocycles. The van der Waals surface area contributed by atoms with Crippen LogP contribution in [0, 0.1) is 5.41 Å². The van der Waals surface area contributed by atoms with E-state index in [0.717, 1.165) is 25.5 Å². The van der Waals surface area contributed by atoms with Crippen LogP contribution in [0.25, 0.3) is 21.3 Å². The number of aromatic nitrogens is 3. The minimum Gasteiger partial charge on any atom is -0.481 e. The number of rotatable bonds is 11. The number of sulfonamides is 1. The fourth-order valence-corrected chi connectivity index (χ4v) is 7.94. The van der Waals surface area contributed by atoms with Gasteiger partial charge in [-0.25, -0.2) is 22.2 Å². The van der Waals surface area contributed by atoms with Gasteiger partial charge in [0.25, 0.3) is 12.3 Å². The molecule has 258 valence electrons. The van der Waals surface area contributed by atoms with Crippen LogP contribution in [0.3, 0.4) is 0 Å². The average Bonchev–Trinajstić information content (AvgIpc) is 3.62. The van der Waals surface area contributed by atoms with Crippen molar-refractivity contribution in [2.75, 3.05) is 6.54 Å². The largest absolute Gasteiger partial charge is 0.481 e. The van der Waals surface area contributed by atoms with E-state index in [1.807, 2.05) is 6.92 Å². The predicted octanol–water partition coefficient (Wildman–Crippen LogP) is 6.74. The van der Waals surface area contributed by atoms with E-state index in [4.69, 9.17) is 16.1 Å². The van der Waals surface area contributed by atoms with E-state index >= 15 is 0 Å². The van der Waals surface area contributed by atoms with Crippen molar-refractivity contribution in [3.8, 4) is 21.3 Å². The molecule has 1 aliphatic heterocycles. The third kappa shape index (κ3) is 7.76. The summed E-state index contributed by atoms with van der Waals surface area (Å²) in [6.07, 6.45) is -7.01. The van der Waals surface area contributed by atoms with Crippen LogP contribution in [0.15, 0.2) is 21.6 Å². The third-order valence-electron chi connectivity index (χ3n) is 7.72. The molecule has 2 aromatic heterocycles. The first-order valence-corrected chi connectivity index (χ1v) is 17.0. The number of benzene rings is 1. The van der Waals surface area contributed by atoms with E-state index in [1.165, 1.54) is 23.5 Å². The normalized spacial score (nSPS) is 16.9. The van der Waals surface area contributed by atoms with Crippen LogP contribution in [0.4, 0.5) is 22.0 Å². The Kier molecular flexibility index (Phi) is 10.7. The summed E-state index contributed by atoms with van der Waals surface area (Å²) in [6.45, 7) is 6.15. The fourth-order valence-electron chi connectivity index (χ4n) is 4.97. The number of carbonyl (C=O) groups excluding carboxylic acids is 1.